The van der Waals surface area contributed by atoms with Crippen LogP contribution in [0.4, 0.5) is 5.69 Å². The van der Waals surface area contributed by atoms with Gasteiger partial charge in [-0.3, -0.25) is 4.79 Å². The Morgan fingerprint density at radius 3 is 2.43 bits per heavy atom. The summed E-state index contributed by atoms with van der Waals surface area (Å²) < 4.78 is 32.0. The van der Waals surface area contributed by atoms with Crippen LogP contribution in [0.25, 0.3) is 11.3 Å². The predicted octanol–water partition coefficient (Wildman–Crippen LogP) is 4.12. The molecule has 0 fully saturated rings. The number of amides is 1. The molecule has 2 N–H and O–H groups in total. The summed E-state index contributed by atoms with van der Waals surface area (Å²) in [5.41, 5.74) is 2.24. The number of nitrogens with one attached hydrogen (secondary N) is 2. The second-order valence-electron chi connectivity index (χ2n) is 6.77. The molecule has 1 heterocycles. The van der Waals surface area contributed by atoms with Crippen molar-refractivity contribution < 1.29 is 17.6 Å². The highest BCUT2D eigenvalue weighted by Gasteiger charge is 2.11. The Morgan fingerprint density at radius 1 is 1.00 bits per heavy atom. The summed E-state index contributed by atoms with van der Waals surface area (Å²) in [4.78, 5) is 12.2. The normalized spacial score (nSPS) is 11.2. The average Bonchev–Trinajstić information content (AvgIpc) is 3.22. The quantitative estimate of drug-likeness (QED) is 0.479. The van der Waals surface area contributed by atoms with Gasteiger partial charge in [-0.05, 0) is 29.8 Å². The lowest BCUT2D eigenvalue weighted by molar-refractivity contribution is -0.116. The Hall–Kier alpha value is -3.16. The van der Waals surface area contributed by atoms with Gasteiger partial charge in [0.2, 0.25) is 15.9 Å². The van der Waals surface area contributed by atoms with Crippen LogP contribution in [-0.2, 0) is 27.0 Å². The Bertz CT molecular complexity index is 1090. The molecule has 0 saturated heterocycles. The van der Waals surface area contributed by atoms with Crippen molar-refractivity contribution in [2.45, 2.75) is 18.6 Å². The number of furan rings is 1. The number of aryl methyl sites for hydroxylation is 1. The fraction of sp³-hybridized carbons (Fsp3) is 0.174. The van der Waals surface area contributed by atoms with E-state index in [2.05, 4.69) is 16.6 Å². The van der Waals surface area contributed by atoms with Gasteiger partial charge in [-0.25, -0.2) is 13.1 Å². The van der Waals surface area contributed by atoms with Crippen molar-refractivity contribution in [3.05, 3.63) is 90.7 Å². The zero-order valence-corrected chi connectivity index (χ0v) is 17.3. The van der Waals surface area contributed by atoms with Gasteiger partial charge in [0.1, 0.15) is 11.5 Å². The van der Waals surface area contributed by atoms with E-state index in [1.54, 1.807) is 24.3 Å². The first-order valence-corrected chi connectivity index (χ1v) is 11.2. The van der Waals surface area contributed by atoms with Crippen LogP contribution in [0.5, 0.6) is 0 Å². The Kier molecular flexibility index (Phi) is 7.21. The van der Waals surface area contributed by atoms with Crippen LogP contribution < -0.4 is 10.0 Å². The highest BCUT2D eigenvalue weighted by Crippen LogP contribution is 2.22. The third-order valence-electron chi connectivity index (χ3n) is 4.36. The van der Waals surface area contributed by atoms with E-state index in [0.29, 0.717) is 17.7 Å². The minimum absolute atomic E-state index is 0.128. The number of carbonyl (C=O) groups excluding carboxylic acids is 1. The zero-order chi connectivity index (χ0) is 21.4. The van der Waals surface area contributed by atoms with Gasteiger partial charge < -0.3 is 9.73 Å². The summed E-state index contributed by atoms with van der Waals surface area (Å²) in [6.07, 6.45) is 2.26. The van der Waals surface area contributed by atoms with Crippen LogP contribution in [0.15, 0.2) is 83.8 Å². The molecular weight excluding hydrogens is 400 g/mol. The minimum atomic E-state index is -3.41. The van der Waals surface area contributed by atoms with Crippen molar-refractivity contribution in [2.75, 3.05) is 11.9 Å². The van der Waals surface area contributed by atoms with Crippen LogP contribution in [0.1, 0.15) is 17.7 Å². The topological polar surface area (TPSA) is 88.4 Å². The monoisotopic (exact) mass is 424 g/mol. The van der Waals surface area contributed by atoms with E-state index in [9.17, 15) is 13.2 Å². The molecule has 30 heavy (non-hydrogen) atoms. The lowest BCUT2D eigenvalue weighted by Crippen LogP contribution is -2.25. The van der Waals surface area contributed by atoms with Gasteiger partial charge in [0.05, 0.1) is 5.75 Å². The van der Waals surface area contributed by atoms with Gasteiger partial charge in [-0.15, -0.1) is 6.58 Å². The summed E-state index contributed by atoms with van der Waals surface area (Å²) in [5.74, 6) is 1.26. The van der Waals surface area contributed by atoms with E-state index in [1.807, 2.05) is 42.5 Å². The van der Waals surface area contributed by atoms with Crippen LogP contribution in [0, 0.1) is 0 Å². The van der Waals surface area contributed by atoms with E-state index in [1.165, 1.54) is 6.08 Å². The third-order valence-corrected chi connectivity index (χ3v) is 5.68. The molecule has 1 aromatic heterocycles. The highest BCUT2D eigenvalue weighted by atomic mass is 32.2. The first-order valence-electron chi connectivity index (χ1n) is 9.56. The van der Waals surface area contributed by atoms with E-state index in [4.69, 9.17) is 4.42 Å². The van der Waals surface area contributed by atoms with Crippen molar-refractivity contribution in [2.24, 2.45) is 0 Å². The molecule has 0 spiro atoms. The molecule has 156 valence electrons. The zero-order valence-electron chi connectivity index (χ0n) is 16.5. The first-order chi connectivity index (χ1) is 14.4. The summed E-state index contributed by atoms with van der Waals surface area (Å²) >= 11 is 0. The molecule has 6 nitrogen and oxygen atoms in total. The Balaban J connectivity index is 1.49. The number of anilines is 1. The van der Waals surface area contributed by atoms with Crippen molar-refractivity contribution >= 4 is 21.6 Å². The second kappa shape index (κ2) is 10.0. The first kappa shape index (κ1) is 21.5. The van der Waals surface area contributed by atoms with Gasteiger partial charge >= 0.3 is 0 Å². The maximum atomic E-state index is 12.2. The molecule has 7 heteroatoms. The van der Waals surface area contributed by atoms with Gasteiger partial charge in [-0.2, -0.15) is 0 Å². The molecule has 0 aliphatic rings. The number of hydrogen-bond acceptors (Lipinski definition) is 4. The Labute approximate surface area is 176 Å². The maximum absolute atomic E-state index is 12.2. The van der Waals surface area contributed by atoms with Crippen LogP contribution in [0.2, 0.25) is 0 Å². The highest BCUT2D eigenvalue weighted by molar-refractivity contribution is 7.88. The number of hydrogen-bond donors (Lipinski definition) is 2. The smallest absolute Gasteiger partial charge is 0.224 e. The average molecular weight is 425 g/mol. The molecule has 0 atom stereocenters. The summed E-state index contributed by atoms with van der Waals surface area (Å²) in [6, 6.07) is 20.3. The number of carbonyl (C=O) groups is 1. The molecule has 0 saturated carbocycles. The standard InChI is InChI=1S/C23H24N2O4S/c1-2-16-24-30(27,28)17-18-8-10-20(11-9-18)25-23(26)15-13-21-12-14-22(29-21)19-6-4-3-5-7-19/h2-12,14,24H,1,13,15-17H2,(H,25,26). The molecule has 3 aromatic rings. The lowest BCUT2D eigenvalue weighted by Gasteiger charge is -2.07. The predicted molar refractivity (Wildman–Crippen MR) is 118 cm³/mol. The van der Waals surface area contributed by atoms with E-state index in [-0.39, 0.29) is 24.6 Å². The molecule has 1 amide bonds. The molecule has 0 radical (unpaired) electrons. The molecule has 3 rings (SSSR count). The van der Waals surface area contributed by atoms with Crippen LogP contribution in [0.3, 0.4) is 0 Å². The van der Waals surface area contributed by atoms with Crippen molar-refractivity contribution in [3.63, 3.8) is 0 Å². The van der Waals surface area contributed by atoms with E-state index >= 15 is 0 Å². The van der Waals surface area contributed by atoms with Gasteiger partial charge in [0.15, 0.2) is 0 Å². The molecule has 0 bridgehead atoms. The summed E-state index contributed by atoms with van der Waals surface area (Å²) in [7, 11) is -3.41. The molecular formula is C23H24N2O4S. The summed E-state index contributed by atoms with van der Waals surface area (Å²) in [6.45, 7) is 3.68. The van der Waals surface area contributed by atoms with E-state index in [0.717, 1.165) is 17.1 Å². The van der Waals surface area contributed by atoms with Crippen LogP contribution in [-0.4, -0.2) is 20.9 Å². The van der Waals surface area contributed by atoms with Gasteiger partial charge in [0, 0.05) is 30.6 Å². The maximum Gasteiger partial charge on any atom is 0.224 e. The van der Waals surface area contributed by atoms with Crippen LogP contribution >= 0.6 is 0 Å². The summed E-state index contributed by atoms with van der Waals surface area (Å²) in [5, 5.41) is 2.82. The third kappa shape index (κ3) is 6.43. The SMILES string of the molecule is C=CCNS(=O)(=O)Cc1ccc(NC(=O)CCc2ccc(-c3ccccc3)o2)cc1. The largest absolute Gasteiger partial charge is 0.461 e. The van der Waals surface area contributed by atoms with Gasteiger partial charge in [-0.1, -0.05) is 48.5 Å². The van der Waals surface area contributed by atoms with Gasteiger partial charge in [0.25, 0.3) is 0 Å². The fourth-order valence-electron chi connectivity index (χ4n) is 2.87. The minimum Gasteiger partial charge on any atom is -0.461 e. The number of sulfonamides is 1. The lowest BCUT2D eigenvalue weighted by atomic mass is 10.2. The number of benzene rings is 2. The van der Waals surface area contributed by atoms with Crippen molar-refractivity contribution in [3.8, 4) is 11.3 Å². The Morgan fingerprint density at radius 2 is 1.73 bits per heavy atom. The second-order valence-corrected chi connectivity index (χ2v) is 8.58. The molecule has 0 aliphatic carbocycles. The molecule has 2 aromatic carbocycles. The van der Waals surface area contributed by atoms with Crippen molar-refractivity contribution in [1.82, 2.24) is 4.72 Å². The fourth-order valence-corrected chi connectivity index (χ4v) is 3.98. The van der Waals surface area contributed by atoms with E-state index < -0.39 is 10.0 Å². The van der Waals surface area contributed by atoms with Crippen molar-refractivity contribution in [1.29, 1.82) is 0 Å². The molecule has 0 aliphatic heterocycles. The number of rotatable bonds is 10. The molecule has 0 unspecified atom stereocenters.